The van der Waals surface area contributed by atoms with Crippen molar-refractivity contribution in [1.82, 2.24) is 4.72 Å². The molecule has 7 heteroatoms. The number of nitrogen functional groups attached to an aromatic ring is 1. The van der Waals surface area contributed by atoms with Gasteiger partial charge in [0, 0.05) is 13.0 Å². The summed E-state index contributed by atoms with van der Waals surface area (Å²) in [4.78, 5) is 10.4. The van der Waals surface area contributed by atoms with Crippen molar-refractivity contribution < 1.29 is 18.3 Å². The van der Waals surface area contributed by atoms with E-state index in [1.165, 1.54) is 12.1 Å². The number of rotatable bonds is 2. The normalized spacial score (nSPS) is 11.0. The van der Waals surface area contributed by atoms with Crippen LogP contribution in [0.4, 0.5) is 5.69 Å². The van der Waals surface area contributed by atoms with Gasteiger partial charge in [-0.05, 0) is 12.1 Å². The van der Waals surface area contributed by atoms with Crippen LogP contribution in [0.2, 0.25) is 0 Å². The number of sulfonamides is 1. The highest BCUT2D eigenvalue weighted by Gasteiger charge is 2.16. The van der Waals surface area contributed by atoms with Gasteiger partial charge in [-0.3, -0.25) is 4.79 Å². The summed E-state index contributed by atoms with van der Waals surface area (Å²) < 4.78 is 24.6. The number of anilines is 1. The summed E-state index contributed by atoms with van der Waals surface area (Å²) >= 11 is 0. The monoisotopic (exact) mass is 230 g/mol. The molecule has 0 heterocycles. The largest absolute Gasteiger partial charge is 0.506 e. The Labute approximate surface area is 86.8 Å². The van der Waals surface area contributed by atoms with Gasteiger partial charge in [0.25, 0.3) is 10.0 Å². The Morgan fingerprint density at radius 2 is 2.07 bits per heavy atom. The third kappa shape index (κ3) is 2.59. The highest BCUT2D eigenvalue weighted by atomic mass is 32.2. The maximum Gasteiger partial charge on any atom is 0.264 e. The summed E-state index contributed by atoms with van der Waals surface area (Å²) in [6.07, 6.45) is 0. The number of amides is 1. The zero-order chi connectivity index (χ0) is 11.6. The van der Waals surface area contributed by atoms with Gasteiger partial charge < -0.3 is 10.8 Å². The third-order valence-corrected chi connectivity index (χ3v) is 3.02. The van der Waals surface area contributed by atoms with Crippen LogP contribution < -0.4 is 10.5 Å². The first-order valence-corrected chi connectivity index (χ1v) is 5.43. The number of carbonyl (C=O) groups excluding carboxylic acids is 1. The minimum absolute atomic E-state index is 0.0665. The van der Waals surface area contributed by atoms with Gasteiger partial charge in [0.05, 0.1) is 10.6 Å². The molecule has 4 N–H and O–H groups in total. The Balaban J connectivity index is 3.17. The highest BCUT2D eigenvalue weighted by Crippen LogP contribution is 2.23. The number of phenols is 1. The molecule has 0 saturated carbocycles. The SMILES string of the molecule is CC(=O)NS(=O)(=O)c1ccc(N)c(O)c1. The van der Waals surface area contributed by atoms with E-state index in [1.54, 1.807) is 4.72 Å². The van der Waals surface area contributed by atoms with Crippen molar-refractivity contribution in [1.29, 1.82) is 0 Å². The molecular weight excluding hydrogens is 220 g/mol. The topological polar surface area (TPSA) is 109 Å². The van der Waals surface area contributed by atoms with Crippen molar-refractivity contribution in [3.63, 3.8) is 0 Å². The molecule has 0 aliphatic heterocycles. The number of phenolic OH excluding ortho intramolecular Hbond substituents is 1. The van der Waals surface area contributed by atoms with Crippen molar-refractivity contribution in [2.45, 2.75) is 11.8 Å². The van der Waals surface area contributed by atoms with E-state index in [9.17, 15) is 18.3 Å². The number of nitrogens with two attached hydrogens (primary N) is 1. The lowest BCUT2D eigenvalue weighted by molar-refractivity contribution is -0.117. The molecule has 0 fully saturated rings. The predicted molar refractivity (Wildman–Crippen MR) is 53.5 cm³/mol. The minimum Gasteiger partial charge on any atom is -0.506 e. The lowest BCUT2D eigenvalue weighted by Crippen LogP contribution is -2.28. The zero-order valence-corrected chi connectivity index (χ0v) is 8.71. The van der Waals surface area contributed by atoms with Crippen molar-refractivity contribution in [3.05, 3.63) is 18.2 Å². The first-order chi connectivity index (χ1) is 6.83. The number of carbonyl (C=O) groups is 1. The lowest BCUT2D eigenvalue weighted by atomic mass is 10.3. The molecule has 0 spiro atoms. The van der Waals surface area contributed by atoms with E-state index in [1.807, 2.05) is 0 Å². The summed E-state index contributed by atoms with van der Waals surface area (Å²) in [5.41, 5.74) is 5.37. The van der Waals surface area contributed by atoms with Crippen LogP contribution in [0.15, 0.2) is 23.1 Å². The lowest BCUT2D eigenvalue weighted by Gasteiger charge is -2.05. The Kier molecular flexibility index (Phi) is 2.85. The molecule has 1 aromatic rings. The molecule has 0 atom stereocenters. The van der Waals surface area contributed by atoms with Crippen molar-refractivity contribution >= 4 is 21.6 Å². The fourth-order valence-corrected chi connectivity index (χ4v) is 1.95. The van der Waals surface area contributed by atoms with Gasteiger partial charge in [-0.25, -0.2) is 13.1 Å². The molecule has 0 aromatic heterocycles. The second-order valence-corrected chi connectivity index (χ2v) is 4.56. The molecule has 1 rings (SSSR count). The quantitative estimate of drug-likeness (QED) is 0.481. The molecule has 0 bridgehead atoms. The van der Waals surface area contributed by atoms with Crippen LogP contribution in [0.25, 0.3) is 0 Å². The molecule has 0 aliphatic rings. The maximum absolute atomic E-state index is 11.4. The summed E-state index contributed by atoms with van der Waals surface area (Å²) in [7, 11) is -3.91. The Morgan fingerprint density at radius 1 is 1.47 bits per heavy atom. The van der Waals surface area contributed by atoms with Crippen LogP contribution >= 0.6 is 0 Å². The predicted octanol–water partition coefficient (Wildman–Crippen LogP) is -0.201. The van der Waals surface area contributed by atoms with Crippen LogP contribution in [-0.2, 0) is 14.8 Å². The Morgan fingerprint density at radius 3 is 2.53 bits per heavy atom. The maximum atomic E-state index is 11.4. The molecule has 0 saturated heterocycles. The van der Waals surface area contributed by atoms with Gasteiger partial charge >= 0.3 is 0 Å². The van der Waals surface area contributed by atoms with E-state index in [0.717, 1.165) is 13.0 Å². The molecule has 0 radical (unpaired) electrons. The van der Waals surface area contributed by atoms with Crippen LogP contribution in [0, 0.1) is 0 Å². The first-order valence-electron chi connectivity index (χ1n) is 3.95. The second kappa shape index (κ2) is 3.77. The van der Waals surface area contributed by atoms with Gasteiger partial charge in [-0.2, -0.15) is 0 Å². The minimum atomic E-state index is -3.91. The number of hydrogen-bond acceptors (Lipinski definition) is 5. The van der Waals surface area contributed by atoms with E-state index in [0.29, 0.717) is 0 Å². The van der Waals surface area contributed by atoms with Crippen LogP contribution in [0.3, 0.4) is 0 Å². The van der Waals surface area contributed by atoms with E-state index in [4.69, 9.17) is 5.73 Å². The average Bonchev–Trinajstić information content (AvgIpc) is 2.07. The Hall–Kier alpha value is -1.76. The standard InChI is InChI=1S/C8H10N2O4S/c1-5(11)10-15(13,14)6-2-3-7(9)8(12)4-6/h2-4,12H,9H2,1H3,(H,10,11). The summed E-state index contributed by atoms with van der Waals surface area (Å²) in [5, 5.41) is 9.20. The number of benzene rings is 1. The molecule has 1 amide bonds. The third-order valence-electron chi connectivity index (χ3n) is 1.59. The van der Waals surface area contributed by atoms with Crippen molar-refractivity contribution in [2.24, 2.45) is 0 Å². The number of aromatic hydroxyl groups is 1. The number of hydrogen-bond donors (Lipinski definition) is 3. The average molecular weight is 230 g/mol. The summed E-state index contributed by atoms with van der Waals surface area (Å²) in [5.74, 6) is -1.05. The van der Waals surface area contributed by atoms with Crippen molar-refractivity contribution in [2.75, 3.05) is 5.73 Å². The van der Waals surface area contributed by atoms with E-state index in [-0.39, 0.29) is 16.3 Å². The zero-order valence-electron chi connectivity index (χ0n) is 7.89. The molecule has 82 valence electrons. The smallest absolute Gasteiger partial charge is 0.264 e. The molecule has 0 aliphatic carbocycles. The van der Waals surface area contributed by atoms with Crippen molar-refractivity contribution in [3.8, 4) is 5.75 Å². The second-order valence-electron chi connectivity index (χ2n) is 2.88. The van der Waals surface area contributed by atoms with Gasteiger partial charge in [-0.1, -0.05) is 0 Å². The molecule has 15 heavy (non-hydrogen) atoms. The van der Waals surface area contributed by atoms with Gasteiger partial charge in [-0.15, -0.1) is 0 Å². The molecule has 6 nitrogen and oxygen atoms in total. The van der Waals surface area contributed by atoms with Gasteiger partial charge in [0.1, 0.15) is 5.75 Å². The van der Waals surface area contributed by atoms with E-state index >= 15 is 0 Å². The fraction of sp³-hybridized carbons (Fsp3) is 0.125. The van der Waals surface area contributed by atoms with Gasteiger partial charge in [0.15, 0.2) is 0 Å². The Bertz CT molecular complexity index is 495. The fourth-order valence-electron chi connectivity index (χ4n) is 0.939. The summed E-state index contributed by atoms with van der Waals surface area (Å²) in [6, 6.07) is 3.41. The molecular formula is C8H10N2O4S. The first kappa shape index (κ1) is 11.3. The van der Waals surface area contributed by atoms with Crippen LogP contribution in [-0.4, -0.2) is 19.4 Å². The highest BCUT2D eigenvalue weighted by molar-refractivity contribution is 7.90. The van der Waals surface area contributed by atoms with E-state index in [2.05, 4.69) is 0 Å². The summed E-state index contributed by atoms with van der Waals surface area (Å²) in [6.45, 7) is 1.08. The molecule has 1 aromatic carbocycles. The van der Waals surface area contributed by atoms with E-state index < -0.39 is 15.9 Å². The number of nitrogens with one attached hydrogen (secondary N) is 1. The van der Waals surface area contributed by atoms with Crippen LogP contribution in [0.5, 0.6) is 5.75 Å². The molecule has 0 unspecified atom stereocenters. The van der Waals surface area contributed by atoms with Crippen LogP contribution in [0.1, 0.15) is 6.92 Å². The van der Waals surface area contributed by atoms with Gasteiger partial charge in [0.2, 0.25) is 5.91 Å².